The Bertz CT molecular complexity index is 277. The third-order valence-electron chi connectivity index (χ3n) is 3.83. The maximum atomic E-state index is 4.26. The van der Waals surface area contributed by atoms with E-state index in [4.69, 9.17) is 0 Å². The van der Waals surface area contributed by atoms with Crippen LogP contribution in [0.1, 0.15) is 26.7 Å². The van der Waals surface area contributed by atoms with Crippen LogP contribution in [0, 0.1) is 5.92 Å². The molecule has 1 fully saturated rings. The summed E-state index contributed by atoms with van der Waals surface area (Å²) in [7, 11) is 4.04. The van der Waals surface area contributed by atoms with Gasteiger partial charge >= 0.3 is 0 Å². The second kappa shape index (κ2) is 12.5. The maximum Gasteiger partial charge on any atom is 0.190 e. The average Bonchev–Trinajstić information content (AvgIpc) is 2.45. The molecule has 1 aliphatic rings. The van der Waals surface area contributed by atoms with Crippen LogP contribution in [-0.4, -0.2) is 75.7 Å². The lowest BCUT2D eigenvalue weighted by Crippen LogP contribution is -2.47. The highest BCUT2D eigenvalue weighted by Crippen LogP contribution is 2.03. The number of piperazine rings is 1. The molecule has 0 aromatic rings. The van der Waals surface area contributed by atoms with Gasteiger partial charge in [0.15, 0.2) is 5.96 Å². The molecule has 2 N–H and O–H groups in total. The molecule has 0 amide bonds. The molecular formula is C15H34IN5. The lowest BCUT2D eigenvalue weighted by Gasteiger charge is -2.34. The molecule has 0 aromatic carbocycles. The summed E-state index contributed by atoms with van der Waals surface area (Å²) in [5.74, 6) is 1.58. The van der Waals surface area contributed by atoms with Gasteiger partial charge in [0.25, 0.3) is 0 Å². The van der Waals surface area contributed by atoms with Crippen molar-refractivity contribution in [1.82, 2.24) is 20.4 Å². The molecule has 1 aliphatic heterocycles. The van der Waals surface area contributed by atoms with Crippen LogP contribution in [0.2, 0.25) is 0 Å². The summed E-state index contributed by atoms with van der Waals surface area (Å²) in [6, 6.07) is 0. The summed E-state index contributed by atoms with van der Waals surface area (Å²) < 4.78 is 0. The van der Waals surface area contributed by atoms with Gasteiger partial charge in [-0.15, -0.1) is 24.0 Å². The zero-order valence-electron chi connectivity index (χ0n) is 14.2. The van der Waals surface area contributed by atoms with Crippen LogP contribution in [0.15, 0.2) is 4.99 Å². The van der Waals surface area contributed by atoms with Crippen molar-refractivity contribution in [3.8, 4) is 0 Å². The zero-order valence-corrected chi connectivity index (χ0v) is 16.5. The number of nitrogens with zero attached hydrogens (tertiary/aromatic N) is 3. The molecule has 1 atom stereocenters. The summed E-state index contributed by atoms with van der Waals surface area (Å²) in [5, 5.41) is 6.78. The number of halogens is 1. The highest BCUT2D eigenvalue weighted by Gasteiger charge is 2.16. The lowest BCUT2D eigenvalue weighted by molar-refractivity contribution is 0.139. The first-order chi connectivity index (χ1) is 9.65. The van der Waals surface area contributed by atoms with E-state index >= 15 is 0 Å². The second-order valence-corrected chi connectivity index (χ2v) is 5.94. The van der Waals surface area contributed by atoms with E-state index in [0.717, 1.165) is 19.0 Å². The van der Waals surface area contributed by atoms with E-state index in [1.807, 2.05) is 7.05 Å². The number of aliphatic imine (C=N–C) groups is 1. The standard InChI is InChI=1S/C15H33N5.HI/c1-5-6-7-17-15(16-3)18-12-14(2)13-20-10-8-19(4)9-11-20;/h14H,5-13H2,1-4H3,(H2,16,17,18);1H. The fourth-order valence-corrected chi connectivity index (χ4v) is 2.41. The van der Waals surface area contributed by atoms with Crippen LogP contribution in [0.25, 0.3) is 0 Å². The molecule has 6 heteroatoms. The van der Waals surface area contributed by atoms with Crippen molar-refractivity contribution in [3.63, 3.8) is 0 Å². The first-order valence-electron chi connectivity index (χ1n) is 8.01. The van der Waals surface area contributed by atoms with E-state index in [9.17, 15) is 0 Å². The molecule has 1 saturated heterocycles. The molecule has 5 nitrogen and oxygen atoms in total. The van der Waals surface area contributed by atoms with Gasteiger partial charge in [0.05, 0.1) is 0 Å². The molecule has 0 spiro atoms. The minimum Gasteiger partial charge on any atom is -0.356 e. The van der Waals surface area contributed by atoms with E-state index in [-0.39, 0.29) is 24.0 Å². The van der Waals surface area contributed by atoms with E-state index in [1.54, 1.807) is 0 Å². The number of unbranched alkanes of at least 4 members (excludes halogenated alkanes) is 1. The van der Waals surface area contributed by atoms with Gasteiger partial charge in [-0.25, -0.2) is 0 Å². The van der Waals surface area contributed by atoms with Crippen molar-refractivity contribution in [2.75, 3.05) is 59.9 Å². The van der Waals surface area contributed by atoms with Gasteiger partial charge in [0.1, 0.15) is 0 Å². The number of guanidine groups is 1. The van der Waals surface area contributed by atoms with E-state index < -0.39 is 0 Å². The lowest BCUT2D eigenvalue weighted by atomic mass is 10.1. The highest BCUT2D eigenvalue weighted by atomic mass is 127. The smallest absolute Gasteiger partial charge is 0.190 e. The van der Waals surface area contributed by atoms with Crippen LogP contribution in [0.3, 0.4) is 0 Å². The average molecular weight is 411 g/mol. The Labute approximate surface area is 148 Å². The van der Waals surface area contributed by atoms with Crippen LogP contribution in [0.5, 0.6) is 0 Å². The van der Waals surface area contributed by atoms with Crippen molar-refractivity contribution < 1.29 is 0 Å². The number of hydrogen-bond donors (Lipinski definition) is 2. The van der Waals surface area contributed by atoms with Crippen molar-refractivity contribution in [1.29, 1.82) is 0 Å². The molecule has 1 rings (SSSR count). The van der Waals surface area contributed by atoms with E-state index in [0.29, 0.717) is 5.92 Å². The number of nitrogens with one attached hydrogen (secondary N) is 2. The molecular weight excluding hydrogens is 377 g/mol. The Morgan fingerprint density at radius 1 is 1.19 bits per heavy atom. The van der Waals surface area contributed by atoms with Gasteiger partial charge in [0.2, 0.25) is 0 Å². The van der Waals surface area contributed by atoms with Crippen molar-refractivity contribution >= 4 is 29.9 Å². The van der Waals surface area contributed by atoms with Crippen LogP contribution in [-0.2, 0) is 0 Å². The molecule has 1 unspecified atom stereocenters. The highest BCUT2D eigenvalue weighted by molar-refractivity contribution is 14.0. The van der Waals surface area contributed by atoms with Crippen molar-refractivity contribution in [3.05, 3.63) is 0 Å². The fourth-order valence-electron chi connectivity index (χ4n) is 2.41. The van der Waals surface area contributed by atoms with Crippen molar-refractivity contribution in [2.45, 2.75) is 26.7 Å². The maximum absolute atomic E-state index is 4.26. The van der Waals surface area contributed by atoms with Gasteiger partial charge in [-0.3, -0.25) is 4.99 Å². The number of likely N-dealkylation sites (N-methyl/N-ethyl adjacent to an activating group) is 1. The molecule has 21 heavy (non-hydrogen) atoms. The summed E-state index contributed by atoms with van der Waals surface area (Å²) in [4.78, 5) is 9.23. The van der Waals surface area contributed by atoms with Crippen LogP contribution >= 0.6 is 24.0 Å². The van der Waals surface area contributed by atoms with E-state index in [1.165, 1.54) is 45.6 Å². The predicted molar refractivity (Wildman–Crippen MR) is 103 cm³/mol. The van der Waals surface area contributed by atoms with Gasteiger partial charge in [-0.1, -0.05) is 20.3 Å². The van der Waals surface area contributed by atoms with Gasteiger partial charge in [0, 0.05) is 52.9 Å². The first-order valence-corrected chi connectivity index (χ1v) is 8.01. The topological polar surface area (TPSA) is 42.9 Å². The molecule has 0 radical (unpaired) electrons. The summed E-state index contributed by atoms with van der Waals surface area (Å²) in [6.07, 6.45) is 2.40. The van der Waals surface area contributed by atoms with Crippen LogP contribution < -0.4 is 10.6 Å². The quantitative estimate of drug-likeness (QED) is 0.288. The Morgan fingerprint density at radius 3 is 2.43 bits per heavy atom. The van der Waals surface area contributed by atoms with E-state index in [2.05, 4.69) is 46.3 Å². The molecule has 126 valence electrons. The fraction of sp³-hybridized carbons (Fsp3) is 0.933. The number of hydrogen-bond acceptors (Lipinski definition) is 3. The summed E-state index contributed by atoms with van der Waals surface area (Å²) in [6.45, 7) is 12.5. The Balaban J connectivity index is 0.00000400. The largest absolute Gasteiger partial charge is 0.356 e. The van der Waals surface area contributed by atoms with Gasteiger partial charge in [-0.2, -0.15) is 0 Å². The third kappa shape index (κ3) is 9.52. The molecule has 0 saturated carbocycles. The van der Waals surface area contributed by atoms with Crippen LogP contribution in [0.4, 0.5) is 0 Å². The normalized spacial score (nSPS) is 19.0. The Kier molecular flexibility index (Phi) is 12.4. The SMILES string of the molecule is CCCCNC(=NC)NCC(C)CN1CCN(C)CC1.I. The second-order valence-electron chi connectivity index (χ2n) is 5.94. The summed E-state index contributed by atoms with van der Waals surface area (Å²) >= 11 is 0. The van der Waals surface area contributed by atoms with Crippen molar-refractivity contribution in [2.24, 2.45) is 10.9 Å². The molecule has 0 aliphatic carbocycles. The predicted octanol–water partition coefficient (Wildman–Crippen LogP) is 1.45. The zero-order chi connectivity index (χ0) is 14.8. The molecule has 1 heterocycles. The first kappa shape index (κ1) is 20.9. The summed E-state index contributed by atoms with van der Waals surface area (Å²) in [5.41, 5.74) is 0. The van der Waals surface area contributed by atoms with Gasteiger partial charge in [-0.05, 0) is 19.4 Å². The monoisotopic (exact) mass is 411 g/mol. The Hall–Kier alpha value is -0.0800. The van der Waals surface area contributed by atoms with Gasteiger partial charge < -0.3 is 20.4 Å². The third-order valence-corrected chi connectivity index (χ3v) is 3.83. The number of rotatable bonds is 7. The minimum absolute atomic E-state index is 0. The Morgan fingerprint density at radius 2 is 1.86 bits per heavy atom. The minimum atomic E-state index is 0. The molecule has 0 bridgehead atoms. The molecule has 0 aromatic heterocycles.